The number of sulfonamides is 1. The summed E-state index contributed by atoms with van der Waals surface area (Å²) in [5.41, 5.74) is 1.67. The summed E-state index contributed by atoms with van der Waals surface area (Å²) in [7, 11) is -3.58. The molecule has 1 amide bonds. The van der Waals surface area contributed by atoms with E-state index in [1.54, 1.807) is 42.5 Å². The minimum absolute atomic E-state index is 0.0110. The van der Waals surface area contributed by atoms with Crippen LogP contribution in [0.2, 0.25) is 10.0 Å². The third kappa shape index (κ3) is 4.57. The number of halogens is 2. The van der Waals surface area contributed by atoms with Crippen molar-refractivity contribution in [3.63, 3.8) is 0 Å². The van der Waals surface area contributed by atoms with Crippen LogP contribution < -0.4 is 4.31 Å². The lowest BCUT2D eigenvalue weighted by Gasteiger charge is -2.24. The molecule has 1 fully saturated rings. The largest absolute Gasteiger partial charge is 0.339 e. The molecule has 0 atom stereocenters. The highest BCUT2D eigenvalue weighted by Gasteiger charge is 2.22. The fourth-order valence-corrected chi connectivity index (χ4v) is 4.43. The normalized spacial score (nSPS) is 14.4. The van der Waals surface area contributed by atoms with Gasteiger partial charge in [-0.25, -0.2) is 8.42 Å². The molecule has 8 heteroatoms. The van der Waals surface area contributed by atoms with Crippen LogP contribution in [0.25, 0.3) is 0 Å². The highest BCUT2D eigenvalue weighted by Crippen LogP contribution is 2.34. The zero-order valence-corrected chi connectivity index (χ0v) is 17.2. The van der Waals surface area contributed by atoms with E-state index in [0.717, 1.165) is 37.8 Å². The quantitative estimate of drug-likeness (QED) is 0.719. The predicted octanol–water partition coefficient (Wildman–Crippen LogP) is 4.20. The van der Waals surface area contributed by atoms with Crippen LogP contribution in [0.4, 0.5) is 5.69 Å². The topological polar surface area (TPSA) is 57.7 Å². The van der Waals surface area contributed by atoms with Gasteiger partial charge in [-0.2, -0.15) is 0 Å². The minimum atomic E-state index is -3.58. The molecule has 1 aliphatic heterocycles. The highest BCUT2D eigenvalue weighted by atomic mass is 35.5. The standard InChI is InChI=1S/C19H20Cl2N2O3S/c1-27(25,26)23(17-6-4-5-16(20)18(17)21)13-14-7-9-15(10-8-14)19(24)22-11-2-3-12-22/h4-10H,2-3,11-13H2,1H3. The van der Waals surface area contributed by atoms with Crippen LogP contribution in [0.5, 0.6) is 0 Å². The van der Waals surface area contributed by atoms with Crippen LogP contribution in [0, 0.1) is 0 Å². The van der Waals surface area contributed by atoms with Crippen molar-refractivity contribution >= 4 is 44.8 Å². The molecule has 27 heavy (non-hydrogen) atoms. The van der Waals surface area contributed by atoms with Crippen molar-refractivity contribution in [3.8, 4) is 0 Å². The first-order valence-corrected chi connectivity index (χ1v) is 11.2. The summed E-state index contributed by atoms with van der Waals surface area (Å²) in [6.45, 7) is 1.67. The Bertz CT molecular complexity index is 940. The fraction of sp³-hybridized carbons (Fsp3) is 0.316. The van der Waals surface area contributed by atoms with Gasteiger partial charge in [0.25, 0.3) is 5.91 Å². The predicted molar refractivity (Wildman–Crippen MR) is 109 cm³/mol. The van der Waals surface area contributed by atoms with Crippen LogP contribution in [0.15, 0.2) is 42.5 Å². The van der Waals surface area contributed by atoms with Crippen LogP contribution in [0.1, 0.15) is 28.8 Å². The summed E-state index contributed by atoms with van der Waals surface area (Å²) in [5.74, 6) is 0.0110. The maximum atomic E-state index is 12.4. The first kappa shape index (κ1) is 20.0. The van der Waals surface area contributed by atoms with Gasteiger partial charge in [-0.05, 0) is 42.7 Å². The van der Waals surface area contributed by atoms with Crippen molar-refractivity contribution in [2.75, 3.05) is 23.7 Å². The van der Waals surface area contributed by atoms with E-state index < -0.39 is 10.0 Å². The first-order valence-electron chi connectivity index (χ1n) is 8.57. The number of amides is 1. The van der Waals surface area contributed by atoms with Gasteiger partial charge in [-0.1, -0.05) is 41.4 Å². The SMILES string of the molecule is CS(=O)(=O)N(Cc1ccc(C(=O)N2CCCC2)cc1)c1cccc(Cl)c1Cl. The van der Waals surface area contributed by atoms with Crippen molar-refractivity contribution < 1.29 is 13.2 Å². The zero-order valence-electron chi connectivity index (χ0n) is 14.9. The second-order valence-corrected chi connectivity index (χ2v) is 9.23. The highest BCUT2D eigenvalue weighted by molar-refractivity contribution is 7.92. The smallest absolute Gasteiger partial charge is 0.253 e. The van der Waals surface area contributed by atoms with Crippen molar-refractivity contribution in [1.29, 1.82) is 0 Å². The molecule has 0 aliphatic carbocycles. The maximum Gasteiger partial charge on any atom is 0.253 e. The van der Waals surface area contributed by atoms with Crippen molar-refractivity contribution in [3.05, 3.63) is 63.6 Å². The molecule has 0 bridgehead atoms. The van der Waals surface area contributed by atoms with Gasteiger partial charge in [0.2, 0.25) is 10.0 Å². The first-order chi connectivity index (χ1) is 12.8. The Balaban J connectivity index is 1.84. The van der Waals surface area contributed by atoms with Gasteiger partial charge < -0.3 is 4.90 Å². The Morgan fingerprint density at radius 1 is 1.07 bits per heavy atom. The number of rotatable bonds is 5. The van der Waals surface area contributed by atoms with Crippen molar-refractivity contribution in [2.45, 2.75) is 19.4 Å². The average molecular weight is 427 g/mol. The van der Waals surface area contributed by atoms with Gasteiger partial charge in [0.05, 0.1) is 28.5 Å². The molecular weight excluding hydrogens is 407 g/mol. The lowest BCUT2D eigenvalue weighted by molar-refractivity contribution is 0.0793. The third-order valence-corrected chi connectivity index (χ3v) is 6.46. The average Bonchev–Trinajstić information content (AvgIpc) is 3.16. The van der Waals surface area contributed by atoms with Crippen LogP contribution in [-0.4, -0.2) is 38.6 Å². The number of likely N-dealkylation sites (tertiary alicyclic amines) is 1. The van der Waals surface area contributed by atoms with Gasteiger partial charge >= 0.3 is 0 Å². The molecule has 1 aliphatic rings. The van der Waals surface area contributed by atoms with E-state index in [9.17, 15) is 13.2 Å². The van der Waals surface area contributed by atoms with E-state index >= 15 is 0 Å². The van der Waals surface area contributed by atoms with Gasteiger partial charge in [-0.15, -0.1) is 0 Å². The minimum Gasteiger partial charge on any atom is -0.339 e. The van der Waals surface area contributed by atoms with E-state index in [0.29, 0.717) is 11.3 Å². The summed E-state index contributed by atoms with van der Waals surface area (Å²) in [6, 6.07) is 11.9. The number of carbonyl (C=O) groups excluding carboxylic acids is 1. The lowest BCUT2D eigenvalue weighted by atomic mass is 10.1. The number of hydrogen-bond acceptors (Lipinski definition) is 3. The summed E-state index contributed by atoms with van der Waals surface area (Å²) in [6.07, 6.45) is 3.19. The van der Waals surface area contributed by atoms with Gasteiger partial charge in [0.15, 0.2) is 0 Å². The Morgan fingerprint density at radius 3 is 2.30 bits per heavy atom. The van der Waals surface area contributed by atoms with E-state index in [2.05, 4.69) is 0 Å². The third-order valence-electron chi connectivity index (χ3n) is 4.52. The lowest BCUT2D eigenvalue weighted by Crippen LogP contribution is -2.30. The molecule has 2 aromatic carbocycles. The number of anilines is 1. The fourth-order valence-electron chi connectivity index (χ4n) is 3.09. The molecule has 1 heterocycles. The summed E-state index contributed by atoms with van der Waals surface area (Å²) >= 11 is 12.2. The second-order valence-electron chi connectivity index (χ2n) is 6.54. The summed E-state index contributed by atoms with van der Waals surface area (Å²) in [5, 5.41) is 0.472. The Morgan fingerprint density at radius 2 is 1.70 bits per heavy atom. The molecule has 0 aromatic heterocycles. The second kappa shape index (κ2) is 8.09. The summed E-state index contributed by atoms with van der Waals surface area (Å²) < 4.78 is 25.8. The number of hydrogen-bond donors (Lipinski definition) is 0. The number of nitrogens with zero attached hydrogens (tertiary/aromatic N) is 2. The number of carbonyl (C=O) groups is 1. The maximum absolute atomic E-state index is 12.4. The van der Waals surface area contributed by atoms with E-state index in [1.807, 2.05) is 4.90 Å². The Kier molecular flexibility index (Phi) is 5.99. The number of benzene rings is 2. The monoisotopic (exact) mass is 426 g/mol. The molecule has 0 radical (unpaired) electrons. The molecule has 0 spiro atoms. The van der Waals surface area contributed by atoms with Crippen LogP contribution in [0.3, 0.4) is 0 Å². The Hall–Kier alpha value is -1.76. The molecular formula is C19H20Cl2N2O3S. The Labute approximate surface area is 169 Å². The molecule has 5 nitrogen and oxygen atoms in total. The molecule has 2 aromatic rings. The van der Waals surface area contributed by atoms with Crippen LogP contribution in [-0.2, 0) is 16.6 Å². The van der Waals surface area contributed by atoms with E-state index in [1.165, 1.54) is 4.31 Å². The molecule has 0 saturated carbocycles. The van der Waals surface area contributed by atoms with Crippen molar-refractivity contribution in [1.82, 2.24) is 4.90 Å². The van der Waals surface area contributed by atoms with Gasteiger partial charge in [-0.3, -0.25) is 9.10 Å². The molecule has 144 valence electrons. The zero-order chi connectivity index (χ0) is 19.6. The molecule has 0 unspecified atom stereocenters. The van der Waals surface area contributed by atoms with E-state index in [4.69, 9.17) is 23.2 Å². The molecule has 3 rings (SSSR count). The van der Waals surface area contributed by atoms with E-state index in [-0.39, 0.29) is 22.5 Å². The summed E-state index contributed by atoms with van der Waals surface area (Å²) in [4.78, 5) is 14.3. The van der Waals surface area contributed by atoms with Crippen LogP contribution >= 0.6 is 23.2 Å². The van der Waals surface area contributed by atoms with Crippen molar-refractivity contribution in [2.24, 2.45) is 0 Å². The molecule has 1 saturated heterocycles. The van der Waals surface area contributed by atoms with Gasteiger partial charge in [0, 0.05) is 18.7 Å². The molecule has 0 N–H and O–H groups in total. The van der Waals surface area contributed by atoms with Gasteiger partial charge in [0.1, 0.15) is 0 Å².